The van der Waals surface area contributed by atoms with E-state index in [1.54, 1.807) is 0 Å². The van der Waals surface area contributed by atoms with Gasteiger partial charge >= 0.3 is 0 Å². The second kappa shape index (κ2) is 4.66. The van der Waals surface area contributed by atoms with Crippen LogP contribution < -0.4 is 10.6 Å². The molecule has 1 aliphatic rings. The van der Waals surface area contributed by atoms with Gasteiger partial charge in [0.25, 0.3) is 0 Å². The summed E-state index contributed by atoms with van der Waals surface area (Å²) in [7, 11) is 0. The second-order valence-corrected chi connectivity index (χ2v) is 4.60. The van der Waals surface area contributed by atoms with Gasteiger partial charge in [-0.3, -0.25) is 4.79 Å². The normalized spacial score (nSPS) is 24.4. The van der Waals surface area contributed by atoms with E-state index in [0.717, 1.165) is 18.8 Å². The van der Waals surface area contributed by atoms with Crippen LogP contribution in [-0.4, -0.2) is 19.0 Å². The molecule has 2 rings (SSSR count). The first-order chi connectivity index (χ1) is 7.66. The third-order valence-electron chi connectivity index (χ3n) is 3.17. The van der Waals surface area contributed by atoms with E-state index in [-0.39, 0.29) is 11.8 Å². The van der Waals surface area contributed by atoms with Gasteiger partial charge in [0.05, 0.1) is 5.92 Å². The lowest BCUT2D eigenvalue weighted by Crippen LogP contribution is -2.27. The lowest BCUT2D eigenvalue weighted by atomic mass is 9.97. The van der Waals surface area contributed by atoms with Crippen molar-refractivity contribution in [2.24, 2.45) is 11.8 Å². The molecule has 2 atom stereocenters. The Labute approximate surface area is 96.2 Å². The van der Waals surface area contributed by atoms with E-state index in [2.05, 4.69) is 17.6 Å². The van der Waals surface area contributed by atoms with Crippen molar-refractivity contribution in [1.29, 1.82) is 0 Å². The lowest BCUT2D eigenvalue weighted by Gasteiger charge is -2.14. The zero-order valence-corrected chi connectivity index (χ0v) is 9.79. The molecule has 16 heavy (non-hydrogen) atoms. The van der Waals surface area contributed by atoms with Gasteiger partial charge in [0.1, 0.15) is 0 Å². The molecule has 86 valence electrons. The minimum atomic E-state index is 0.0984. The fraction of sp³-hybridized carbons (Fsp3) is 0.462. The van der Waals surface area contributed by atoms with E-state index in [0.29, 0.717) is 5.92 Å². The van der Waals surface area contributed by atoms with E-state index < -0.39 is 0 Å². The van der Waals surface area contributed by atoms with Crippen LogP contribution in [0.15, 0.2) is 24.3 Å². The fourth-order valence-electron chi connectivity index (χ4n) is 2.03. The van der Waals surface area contributed by atoms with Crippen molar-refractivity contribution >= 4 is 11.6 Å². The molecule has 0 aromatic heterocycles. The third-order valence-corrected chi connectivity index (χ3v) is 3.17. The Bertz CT molecular complexity index is 372. The van der Waals surface area contributed by atoms with Crippen molar-refractivity contribution < 1.29 is 4.79 Å². The Morgan fingerprint density at radius 1 is 1.31 bits per heavy atom. The first-order valence-electron chi connectivity index (χ1n) is 5.75. The van der Waals surface area contributed by atoms with E-state index >= 15 is 0 Å². The molecular weight excluding hydrogens is 200 g/mol. The summed E-state index contributed by atoms with van der Waals surface area (Å²) in [6.07, 6.45) is 0. The van der Waals surface area contributed by atoms with E-state index in [1.807, 2.05) is 31.2 Å². The highest BCUT2D eigenvalue weighted by Gasteiger charge is 2.29. The van der Waals surface area contributed by atoms with Crippen molar-refractivity contribution in [2.75, 3.05) is 18.4 Å². The van der Waals surface area contributed by atoms with Gasteiger partial charge in [0.15, 0.2) is 0 Å². The average molecular weight is 218 g/mol. The zero-order valence-electron chi connectivity index (χ0n) is 9.79. The summed E-state index contributed by atoms with van der Waals surface area (Å²) in [5.41, 5.74) is 2.09. The molecule has 1 amide bonds. The summed E-state index contributed by atoms with van der Waals surface area (Å²) < 4.78 is 0. The van der Waals surface area contributed by atoms with Crippen LogP contribution in [0.1, 0.15) is 12.5 Å². The number of carbonyl (C=O) groups is 1. The molecule has 3 heteroatoms. The monoisotopic (exact) mass is 218 g/mol. The smallest absolute Gasteiger partial charge is 0.229 e. The van der Waals surface area contributed by atoms with Gasteiger partial charge in [0, 0.05) is 12.2 Å². The number of carbonyl (C=O) groups excluding carboxylic acids is 1. The molecule has 1 heterocycles. The maximum absolute atomic E-state index is 12.0. The molecule has 2 N–H and O–H groups in total. The maximum Gasteiger partial charge on any atom is 0.229 e. The van der Waals surface area contributed by atoms with E-state index in [9.17, 15) is 4.79 Å². The molecular formula is C13H18N2O. The van der Waals surface area contributed by atoms with Crippen LogP contribution in [0.5, 0.6) is 0 Å². The van der Waals surface area contributed by atoms with Crippen molar-refractivity contribution in [3.63, 3.8) is 0 Å². The van der Waals surface area contributed by atoms with Crippen molar-refractivity contribution in [2.45, 2.75) is 13.8 Å². The molecule has 0 saturated carbocycles. The summed E-state index contributed by atoms with van der Waals surface area (Å²) >= 11 is 0. The summed E-state index contributed by atoms with van der Waals surface area (Å²) in [6, 6.07) is 7.90. The van der Waals surface area contributed by atoms with E-state index in [1.165, 1.54) is 5.56 Å². The topological polar surface area (TPSA) is 41.1 Å². The van der Waals surface area contributed by atoms with Crippen LogP contribution >= 0.6 is 0 Å². The Morgan fingerprint density at radius 2 is 2.00 bits per heavy atom. The van der Waals surface area contributed by atoms with Crippen molar-refractivity contribution in [1.82, 2.24) is 5.32 Å². The minimum absolute atomic E-state index is 0.0984. The Morgan fingerprint density at radius 3 is 2.56 bits per heavy atom. The molecule has 0 radical (unpaired) electrons. The third kappa shape index (κ3) is 2.42. The SMILES string of the molecule is Cc1ccc(NC(=O)C2CNCC2C)cc1. The van der Waals surface area contributed by atoms with Crippen LogP contribution in [0, 0.1) is 18.8 Å². The first kappa shape index (κ1) is 11.1. The largest absolute Gasteiger partial charge is 0.326 e. The molecule has 1 fully saturated rings. The predicted octanol–water partition coefficient (Wildman–Crippen LogP) is 1.79. The Hall–Kier alpha value is -1.35. The number of hydrogen-bond donors (Lipinski definition) is 2. The average Bonchev–Trinajstić information content (AvgIpc) is 2.68. The van der Waals surface area contributed by atoms with Crippen LogP contribution in [0.2, 0.25) is 0 Å². The summed E-state index contributed by atoms with van der Waals surface area (Å²) in [5.74, 6) is 0.646. The van der Waals surface area contributed by atoms with Gasteiger partial charge in [-0.05, 0) is 31.5 Å². The number of rotatable bonds is 2. The molecule has 0 bridgehead atoms. The number of amides is 1. The zero-order chi connectivity index (χ0) is 11.5. The van der Waals surface area contributed by atoms with Crippen molar-refractivity contribution in [3.8, 4) is 0 Å². The van der Waals surface area contributed by atoms with Crippen molar-refractivity contribution in [3.05, 3.63) is 29.8 Å². The molecule has 1 saturated heterocycles. The van der Waals surface area contributed by atoms with Gasteiger partial charge in [-0.2, -0.15) is 0 Å². The first-order valence-corrected chi connectivity index (χ1v) is 5.75. The Kier molecular flexibility index (Phi) is 3.25. The number of aryl methyl sites for hydroxylation is 1. The standard InChI is InChI=1S/C13H18N2O/c1-9-3-5-11(6-4-9)15-13(16)12-8-14-7-10(12)2/h3-6,10,12,14H,7-8H2,1-2H3,(H,15,16). The lowest BCUT2D eigenvalue weighted by molar-refractivity contribution is -0.120. The van der Waals surface area contributed by atoms with Gasteiger partial charge in [-0.15, -0.1) is 0 Å². The highest BCUT2D eigenvalue weighted by atomic mass is 16.1. The fourth-order valence-corrected chi connectivity index (χ4v) is 2.03. The van der Waals surface area contributed by atoms with E-state index in [4.69, 9.17) is 0 Å². The highest BCUT2D eigenvalue weighted by molar-refractivity contribution is 5.93. The second-order valence-electron chi connectivity index (χ2n) is 4.60. The minimum Gasteiger partial charge on any atom is -0.326 e. The molecule has 2 unspecified atom stereocenters. The number of anilines is 1. The van der Waals surface area contributed by atoms with Crippen LogP contribution in [0.25, 0.3) is 0 Å². The molecule has 1 aliphatic heterocycles. The Balaban J connectivity index is 1.99. The summed E-state index contributed by atoms with van der Waals surface area (Å²) in [4.78, 5) is 12.0. The molecule has 1 aromatic rings. The number of benzene rings is 1. The molecule has 3 nitrogen and oxygen atoms in total. The quantitative estimate of drug-likeness (QED) is 0.794. The molecule has 1 aromatic carbocycles. The van der Waals surface area contributed by atoms with Crippen LogP contribution in [-0.2, 0) is 4.79 Å². The van der Waals surface area contributed by atoms with Gasteiger partial charge in [0.2, 0.25) is 5.91 Å². The van der Waals surface area contributed by atoms with Gasteiger partial charge < -0.3 is 10.6 Å². The van der Waals surface area contributed by atoms with Gasteiger partial charge in [-0.25, -0.2) is 0 Å². The summed E-state index contributed by atoms with van der Waals surface area (Å²) in [5, 5.41) is 6.20. The number of nitrogens with one attached hydrogen (secondary N) is 2. The van der Waals surface area contributed by atoms with Gasteiger partial charge in [-0.1, -0.05) is 24.6 Å². The summed E-state index contributed by atoms with van der Waals surface area (Å²) in [6.45, 7) is 5.87. The number of hydrogen-bond acceptors (Lipinski definition) is 2. The highest BCUT2D eigenvalue weighted by Crippen LogP contribution is 2.18. The maximum atomic E-state index is 12.0. The molecule has 0 spiro atoms. The predicted molar refractivity (Wildman–Crippen MR) is 65.3 cm³/mol. The van der Waals surface area contributed by atoms with Crippen LogP contribution in [0.4, 0.5) is 5.69 Å². The molecule has 0 aliphatic carbocycles. The van der Waals surface area contributed by atoms with Crippen LogP contribution in [0.3, 0.4) is 0 Å².